The number of benzene rings is 5. The molecule has 2 heterocycles. The van der Waals surface area contributed by atoms with Crippen molar-refractivity contribution in [1.82, 2.24) is 9.55 Å². The Morgan fingerprint density at radius 2 is 1.51 bits per heavy atom. The van der Waals surface area contributed by atoms with Crippen molar-refractivity contribution in [3.05, 3.63) is 108 Å². The first kappa shape index (κ1) is 19.4. The fraction of sp³-hybridized carbons (Fsp3) is 0.0938. The molecule has 2 nitrogen and oxygen atoms in total. The molecule has 0 aliphatic heterocycles. The summed E-state index contributed by atoms with van der Waals surface area (Å²) < 4.78 is 3.72. The Morgan fingerprint density at radius 1 is 0.771 bits per heavy atom. The topological polar surface area (TPSA) is 17.8 Å². The minimum absolute atomic E-state index is 0.116. The molecule has 0 saturated heterocycles. The van der Waals surface area contributed by atoms with Gasteiger partial charge in [0.1, 0.15) is 0 Å². The van der Waals surface area contributed by atoms with Crippen LogP contribution in [0.1, 0.15) is 25.0 Å². The number of para-hydroxylation sites is 1. The molecule has 166 valence electrons. The molecule has 0 spiro atoms. The Bertz CT molecular complexity index is 1990. The van der Waals surface area contributed by atoms with Crippen molar-refractivity contribution in [3.63, 3.8) is 0 Å². The number of rotatable bonds is 1. The Labute approximate surface area is 207 Å². The first-order valence-electron chi connectivity index (χ1n) is 12.1. The second-order valence-corrected chi connectivity index (χ2v) is 10.9. The van der Waals surface area contributed by atoms with E-state index in [0.717, 1.165) is 5.52 Å². The van der Waals surface area contributed by atoms with Crippen LogP contribution in [-0.2, 0) is 5.41 Å². The molecular weight excluding hydrogens is 444 g/mol. The van der Waals surface area contributed by atoms with Crippen molar-refractivity contribution >= 4 is 54.1 Å². The molecule has 0 amide bonds. The quantitative estimate of drug-likeness (QED) is 0.236. The van der Waals surface area contributed by atoms with Crippen molar-refractivity contribution in [1.29, 1.82) is 0 Å². The Hall–Kier alpha value is -3.95. The van der Waals surface area contributed by atoms with Crippen LogP contribution in [0.5, 0.6) is 0 Å². The van der Waals surface area contributed by atoms with Gasteiger partial charge in [-0.25, -0.2) is 4.98 Å². The molecule has 0 atom stereocenters. The Kier molecular flexibility index (Phi) is 3.64. The van der Waals surface area contributed by atoms with Gasteiger partial charge in [0.2, 0.25) is 0 Å². The van der Waals surface area contributed by atoms with Gasteiger partial charge in [0, 0.05) is 21.9 Å². The van der Waals surface area contributed by atoms with E-state index in [4.69, 9.17) is 0 Å². The van der Waals surface area contributed by atoms with Crippen LogP contribution in [0.15, 0.2) is 96.5 Å². The minimum Gasteiger partial charge on any atom is -0.309 e. The summed E-state index contributed by atoms with van der Waals surface area (Å²) in [5.74, 6) is 0. The molecule has 0 unspecified atom stereocenters. The monoisotopic (exact) mass is 466 g/mol. The van der Waals surface area contributed by atoms with E-state index >= 15 is 0 Å². The maximum atomic E-state index is 4.52. The Balaban J connectivity index is 1.68. The molecule has 8 rings (SSSR count). The molecule has 5 aromatic carbocycles. The highest BCUT2D eigenvalue weighted by Gasteiger charge is 2.40. The molecule has 0 N–H and O–H groups in total. The Morgan fingerprint density at radius 3 is 2.40 bits per heavy atom. The molecule has 0 radical (unpaired) electrons. The lowest BCUT2D eigenvalue weighted by molar-refractivity contribution is 0.664. The normalized spacial score (nSPS) is 14.2. The fourth-order valence-corrected chi connectivity index (χ4v) is 7.15. The fourth-order valence-electron chi connectivity index (χ4n) is 6.44. The van der Waals surface area contributed by atoms with E-state index < -0.39 is 0 Å². The molecule has 0 saturated carbocycles. The van der Waals surface area contributed by atoms with Crippen molar-refractivity contribution < 1.29 is 0 Å². The molecule has 7 aromatic rings. The third kappa shape index (κ3) is 2.36. The summed E-state index contributed by atoms with van der Waals surface area (Å²) >= 11 is 1.70. The molecule has 0 bridgehead atoms. The first-order valence-corrected chi connectivity index (χ1v) is 12.9. The summed E-state index contributed by atoms with van der Waals surface area (Å²) in [6.07, 6.45) is 0. The largest absolute Gasteiger partial charge is 0.309 e. The third-order valence-electron chi connectivity index (χ3n) is 7.90. The van der Waals surface area contributed by atoms with Gasteiger partial charge in [-0.1, -0.05) is 80.6 Å². The number of fused-ring (bicyclic) bond motifs is 11. The highest BCUT2D eigenvalue weighted by molar-refractivity contribution is 7.16. The molecular formula is C32H22N2S. The average Bonchev–Trinajstić information content (AvgIpc) is 3.55. The zero-order valence-electron chi connectivity index (χ0n) is 19.5. The minimum atomic E-state index is -0.116. The lowest BCUT2D eigenvalue weighted by Crippen LogP contribution is -2.16. The summed E-state index contributed by atoms with van der Waals surface area (Å²) in [7, 11) is 0. The van der Waals surface area contributed by atoms with E-state index in [1.807, 2.05) is 5.51 Å². The van der Waals surface area contributed by atoms with Crippen LogP contribution in [0, 0.1) is 0 Å². The standard InChI is InChI=1S/C32H22N2S/c1-32(2)24-13-7-5-11-22(24)28-20-9-3-4-10-21(20)29-23-12-6-8-14-26(23)34(31(29)30(28)32)19-15-16-25-27(17-19)35-18-33-25/h3-18H,1-2H3. The van der Waals surface area contributed by atoms with Crippen molar-refractivity contribution in [2.45, 2.75) is 19.3 Å². The summed E-state index contributed by atoms with van der Waals surface area (Å²) in [4.78, 5) is 4.52. The van der Waals surface area contributed by atoms with Crippen molar-refractivity contribution in [3.8, 4) is 16.8 Å². The summed E-state index contributed by atoms with van der Waals surface area (Å²) in [5.41, 5.74) is 12.2. The van der Waals surface area contributed by atoms with E-state index in [0.29, 0.717) is 0 Å². The predicted molar refractivity (Wildman–Crippen MR) is 149 cm³/mol. The molecule has 1 aliphatic carbocycles. The lowest BCUT2D eigenvalue weighted by Gasteiger charge is -2.24. The highest BCUT2D eigenvalue weighted by Crippen LogP contribution is 2.56. The predicted octanol–water partition coefficient (Wildman–Crippen LogP) is 8.85. The van der Waals surface area contributed by atoms with Crippen LogP contribution < -0.4 is 0 Å². The number of thiazole rings is 1. The van der Waals surface area contributed by atoms with E-state index in [2.05, 4.69) is 114 Å². The lowest BCUT2D eigenvalue weighted by atomic mass is 9.80. The first-order chi connectivity index (χ1) is 17.1. The van der Waals surface area contributed by atoms with Crippen LogP contribution in [0.2, 0.25) is 0 Å². The van der Waals surface area contributed by atoms with E-state index in [1.54, 1.807) is 11.3 Å². The van der Waals surface area contributed by atoms with Gasteiger partial charge < -0.3 is 4.57 Å². The summed E-state index contributed by atoms with van der Waals surface area (Å²) in [6.45, 7) is 4.78. The van der Waals surface area contributed by atoms with Crippen LogP contribution in [0.3, 0.4) is 0 Å². The number of nitrogens with zero attached hydrogens (tertiary/aromatic N) is 2. The van der Waals surface area contributed by atoms with Gasteiger partial charge in [0.05, 0.1) is 26.8 Å². The van der Waals surface area contributed by atoms with Gasteiger partial charge >= 0.3 is 0 Å². The maximum Gasteiger partial charge on any atom is 0.0813 e. The molecule has 35 heavy (non-hydrogen) atoms. The van der Waals surface area contributed by atoms with Gasteiger partial charge in [-0.05, 0) is 57.3 Å². The zero-order valence-corrected chi connectivity index (χ0v) is 20.4. The van der Waals surface area contributed by atoms with Gasteiger partial charge in [-0.3, -0.25) is 0 Å². The summed E-state index contributed by atoms with van der Waals surface area (Å²) in [6, 6.07) is 33.5. The van der Waals surface area contributed by atoms with Gasteiger partial charge in [0.15, 0.2) is 0 Å². The second kappa shape index (κ2) is 6.59. The molecule has 3 heteroatoms. The van der Waals surface area contributed by atoms with E-state index in [1.165, 1.54) is 65.2 Å². The van der Waals surface area contributed by atoms with Crippen molar-refractivity contribution in [2.75, 3.05) is 0 Å². The highest BCUT2D eigenvalue weighted by atomic mass is 32.1. The SMILES string of the molecule is CC1(C)c2ccccc2-c2c1c1c(c3ccccc23)c2ccccc2n1-c1ccc2ncsc2c1. The number of hydrogen-bond acceptors (Lipinski definition) is 2. The summed E-state index contributed by atoms with van der Waals surface area (Å²) in [5, 5.41) is 5.31. The van der Waals surface area contributed by atoms with Crippen LogP contribution in [0.25, 0.3) is 59.6 Å². The van der Waals surface area contributed by atoms with E-state index in [9.17, 15) is 0 Å². The van der Waals surface area contributed by atoms with Gasteiger partial charge in [0.25, 0.3) is 0 Å². The van der Waals surface area contributed by atoms with Gasteiger partial charge in [-0.15, -0.1) is 11.3 Å². The van der Waals surface area contributed by atoms with Gasteiger partial charge in [-0.2, -0.15) is 0 Å². The average molecular weight is 467 g/mol. The van der Waals surface area contributed by atoms with Crippen LogP contribution in [0.4, 0.5) is 0 Å². The second-order valence-electron chi connectivity index (χ2n) is 10.0. The molecule has 1 aliphatic rings. The molecule has 0 fully saturated rings. The number of hydrogen-bond donors (Lipinski definition) is 0. The molecule has 2 aromatic heterocycles. The van der Waals surface area contributed by atoms with Crippen LogP contribution in [-0.4, -0.2) is 9.55 Å². The maximum absolute atomic E-state index is 4.52. The van der Waals surface area contributed by atoms with Crippen molar-refractivity contribution in [2.24, 2.45) is 0 Å². The third-order valence-corrected chi connectivity index (χ3v) is 8.69. The zero-order chi connectivity index (χ0) is 23.3. The smallest absolute Gasteiger partial charge is 0.0813 e. The van der Waals surface area contributed by atoms with Crippen LogP contribution >= 0.6 is 11.3 Å². The van der Waals surface area contributed by atoms with E-state index in [-0.39, 0.29) is 5.41 Å². The number of aromatic nitrogens is 2.